The molecule has 0 unspecified atom stereocenters. The summed E-state index contributed by atoms with van der Waals surface area (Å²) in [5.41, 5.74) is 1.87. The Morgan fingerprint density at radius 3 is 2.64 bits per heavy atom. The molecule has 0 N–H and O–H groups in total. The smallest absolute Gasteiger partial charge is 0.211 e. The molecular formula is C17H12Cl2O3. The van der Waals surface area contributed by atoms with Crippen molar-refractivity contribution >= 4 is 34.2 Å². The van der Waals surface area contributed by atoms with Crippen molar-refractivity contribution in [3.63, 3.8) is 0 Å². The molecule has 0 aliphatic carbocycles. The fraction of sp³-hybridized carbons (Fsp3) is 0.118. The quantitative estimate of drug-likeness (QED) is 0.677. The number of rotatable bonds is 3. The summed E-state index contributed by atoms with van der Waals surface area (Å²) in [6.45, 7) is 2.17. The number of halogens is 2. The van der Waals surface area contributed by atoms with E-state index in [1.807, 2.05) is 31.2 Å². The fourth-order valence-corrected chi connectivity index (χ4v) is 2.56. The average Bonchev–Trinajstić information content (AvgIpc) is 2.52. The Hall–Kier alpha value is -1.97. The van der Waals surface area contributed by atoms with Gasteiger partial charge in [-0.25, -0.2) is 0 Å². The van der Waals surface area contributed by atoms with Crippen LogP contribution in [-0.2, 0) is 6.61 Å². The molecule has 5 heteroatoms. The number of fused-ring (bicyclic) bond motifs is 1. The second-order valence-corrected chi connectivity index (χ2v) is 5.67. The highest BCUT2D eigenvalue weighted by atomic mass is 35.5. The van der Waals surface area contributed by atoms with Gasteiger partial charge in [-0.05, 0) is 25.1 Å². The van der Waals surface area contributed by atoms with Crippen LogP contribution in [0.15, 0.2) is 51.9 Å². The molecule has 0 bridgehead atoms. The highest BCUT2D eigenvalue weighted by molar-refractivity contribution is 6.31. The first kappa shape index (κ1) is 14.9. The molecule has 3 aromatic rings. The molecule has 0 atom stereocenters. The Kier molecular flexibility index (Phi) is 4.10. The van der Waals surface area contributed by atoms with Crippen molar-refractivity contribution in [3.05, 3.63) is 74.1 Å². The van der Waals surface area contributed by atoms with Crippen LogP contribution in [0.25, 0.3) is 11.0 Å². The summed E-state index contributed by atoms with van der Waals surface area (Å²) >= 11 is 11.9. The molecule has 0 amide bonds. The van der Waals surface area contributed by atoms with E-state index in [1.54, 1.807) is 12.1 Å². The monoisotopic (exact) mass is 334 g/mol. The van der Waals surface area contributed by atoms with E-state index in [0.29, 0.717) is 28.3 Å². The lowest BCUT2D eigenvalue weighted by Crippen LogP contribution is -2.03. The Morgan fingerprint density at radius 1 is 1.09 bits per heavy atom. The lowest BCUT2D eigenvalue weighted by Gasteiger charge is -2.11. The number of ether oxygens (including phenoxy) is 1. The van der Waals surface area contributed by atoms with Gasteiger partial charge in [-0.2, -0.15) is 0 Å². The minimum atomic E-state index is -0.247. The maximum absolute atomic E-state index is 12.0. The zero-order valence-corrected chi connectivity index (χ0v) is 13.2. The van der Waals surface area contributed by atoms with Crippen LogP contribution in [0.1, 0.15) is 11.1 Å². The maximum atomic E-state index is 12.0. The van der Waals surface area contributed by atoms with Gasteiger partial charge in [0.15, 0.2) is 0 Å². The highest BCUT2D eigenvalue weighted by Gasteiger charge is 2.12. The summed E-state index contributed by atoms with van der Waals surface area (Å²) in [6, 6.07) is 10.9. The van der Waals surface area contributed by atoms with Crippen molar-refractivity contribution in [2.75, 3.05) is 0 Å². The summed E-state index contributed by atoms with van der Waals surface area (Å²) in [5, 5.41) is 1.16. The Bertz CT molecular complexity index is 900. The van der Waals surface area contributed by atoms with Crippen LogP contribution in [0.3, 0.4) is 0 Å². The first-order valence-corrected chi connectivity index (χ1v) is 7.40. The standard InChI is InChI=1S/C17H12Cl2O3/c1-10-15(21-8-11-4-2-3-5-13(11)18)7-6-12-16(20)14(19)9-22-17(10)12/h2-7,9H,8H2,1H3. The van der Waals surface area contributed by atoms with Crippen LogP contribution in [0.5, 0.6) is 5.75 Å². The molecule has 0 aliphatic heterocycles. The van der Waals surface area contributed by atoms with Gasteiger partial charge in [0, 0.05) is 16.1 Å². The van der Waals surface area contributed by atoms with E-state index in [-0.39, 0.29) is 10.5 Å². The van der Waals surface area contributed by atoms with Crippen molar-refractivity contribution in [2.45, 2.75) is 13.5 Å². The van der Waals surface area contributed by atoms with Gasteiger partial charge in [0.25, 0.3) is 0 Å². The van der Waals surface area contributed by atoms with Gasteiger partial charge < -0.3 is 9.15 Å². The Morgan fingerprint density at radius 2 is 1.86 bits per heavy atom. The number of hydrogen-bond donors (Lipinski definition) is 0. The molecular weight excluding hydrogens is 323 g/mol. The third kappa shape index (κ3) is 2.70. The molecule has 0 radical (unpaired) electrons. The molecule has 22 heavy (non-hydrogen) atoms. The fourth-order valence-electron chi connectivity index (χ4n) is 2.22. The van der Waals surface area contributed by atoms with Crippen molar-refractivity contribution < 1.29 is 9.15 Å². The van der Waals surface area contributed by atoms with Gasteiger partial charge in [0.05, 0.1) is 5.39 Å². The summed E-state index contributed by atoms with van der Waals surface area (Å²) in [5.74, 6) is 0.637. The van der Waals surface area contributed by atoms with E-state index in [0.717, 1.165) is 11.1 Å². The summed E-state index contributed by atoms with van der Waals surface area (Å²) < 4.78 is 11.2. The van der Waals surface area contributed by atoms with Crippen LogP contribution in [0, 0.1) is 6.92 Å². The Balaban J connectivity index is 1.96. The molecule has 112 valence electrons. The van der Waals surface area contributed by atoms with Gasteiger partial charge in [-0.1, -0.05) is 41.4 Å². The number of benzene rings is 2. The zero-order valence-electron chi connectivity index (χ0n) is 11.7. The maximum Gasteiger partial charge on any atom is 0.211 e. The van der Waals surface area contributed by atoms with Crippen molar-refractivity contribution in [1.82, 2.24) is 0 Å². The average molecular weight is 335 g/mol. The molecule has 0 saturated carbocycles. The van der Waals surface area contributed by atoms with Gasteiger partial charge in [-0.15, -0.1) is 0 Å². The van der Waals surface area contributed by atoms with E-state index < -0.39 is 0 Å². The topological polar surface area (TPSA) is 39.4 Å². The lowest BCUT2D eigenvalue weighted by molar-refractivity contribution is 0.304. The second kappa shape index (κ2) is 6.03. The normalized spacial score (nSPS) is 10.9. The minimum absolute atomic E-state index is 0.0663. The van der Waals surface area contributed by atoms with Crippen LogP contribution in [0.4, 0.5) is 0 Å². The molecule has 3 nitrogen and oxygen atoms in total. The van der Waals surface area contributed by atoms with Crippen molar-refractivity contribution in [1.29, 1.82) is 0 Å². The molecule has 1 heterocycles. The SMILES string of the molecule is Cc1c(OCc2ccccc2Cl)ccc2c(=O)c(Cl)coc12. The first-order valence-electron chi connectivity index (χ1n) is 6.64. The van der Waals surface area contributed by atoms with E-state index >= 15 is 0 Å². The van der Waals surface area contributed by atoms with Gasteiger partial charge >= 0.3 is 0 Å². The molecule has 0 spiro atoms. The third-order valence-electron chi connectivity index (χ3n) is 3.44. The molecule has 0 aliphatic rings. The van der Waals surface area contributed by atoms with Crippen molar-refractivity contribution in [2.24, 2.45) is 0 Å². The minimum Gasteiger partial charge on any atom is -0.488 e. The molecule has 3 rings (SSSR count). The summed E-state index contributed by atoms with van der Waals surface area (Å²) in [6.07, 6.45) is 1.25. The van der Waals surface area contributed by atoms with Gasteiger partial charge in [-0.3, -0.25) is 4.79 Å². The van der Waals surface area contributed by atoms with Crippen LogP contribution in [-0.4, -0.2) is 0 Å². The summed E-state index contributed by atoms with van der Waals surface area (Å²) in [4.78, 5) is 12.0. The van der Waals surface area contributed by atoms with Gasteiger partial charge in [0.1, 0.15) is 29.2 Å². The number of aryl methyl sites for hydroxylation is 1. The zero-order chi connectivity index (χ0) is 15.7. The van der Waals surface area contributed by atoms with E-state index in [4.69, 9.17) is 32.4 Å². The van der Waals surface area contributed by atoms with E-state index in [2.05, 4.69) is 0 Å². The summed E-state index contributed by atoms with van der Waals surface area (Å²) in [7, 11) is 0. The second-order valence-electron chi connectivity index (χ2n) is 4.86. The van der Waals surface area contributed by atoms with Crippen LogP contribution >= 0.6 is 23.2 Å². The lowest BCUT2D eigenvalue weighted by atomic mass is 10.1. The number of hydrogen-bond acceptors (Lipinski definition) is 3. The van der Waals surface area contributed by atoms with Crippen LogP contribution < -0.4 is 10.2 Å². The molecule has 1 aromatic heterocycles. The predicted octanol–water partition coefficient (Wildman–Crippen LogP) is 4.99. The van der Waals surface area contributed by atoms with Crippen molar-refractivity contribution in [3.8, 4) is 5.75 Å². The molecule has 2 aromatic carbocycles. The third-order valence-corrected chi connectivity index (χ3v) is 4.07. The van der Waals surface area contributed by atoms with E-state index in [9.17, 15) is 4.79 Å². The molecule has 0 fully saturated rings. The highest BCUT2D eigenvalue weighted by Crippen LogP contribution is 2.28. The van der Waals surface area contributed by atoms with Gasteiger partial charge in [0.2, 0.25) is 5.43 Å². The predicted molar refractivity (Wildman–Crippen MR) is 88.0 cm³/mol. The largest absolute Gasteiger partial charge is 0.488 e. The Labute approximate surface area is 137 Å². The molecule has 0 saturated heterocycles. The first-order chi connectivity index (χ1) is 10.6. The van der Waals surface area contributed by atoms with Crippen LogP contribution in [0.2, 0.25) is 10.0 Å². The van der Waals surface area contributed by atoms with E-state index in [1.165, 1.54) is 6.26 Å².